The number of nitrogens with zero attached hydrogens (tertiary/aromatic N) is 3. The largest absolute Gasteiger partial charge is 0.497 e. The maximum absolute atomic E-state index is 13.5. The van der Waals surface area contributed by atoms with Crippen molar-refractivity contribution in [3.05, 3.63) is 60.6 Å². The van der Waals surface area contributed by atoms with Crippen LogP contribution in [0.1, 0.15) is 18.0 Å². The van der Waals surface area contributed by atoms with Crippen LogP contribution in [0.3, 0.4) is 0 Å². The molecule has 5 rings (SSSR count). The summed E-state index contributed by atoms with van der Waals surface area (Å²) in [4.78, 5) is 4.10. The van der Waals surface area contributed by atoms with Gasteiger partial charge in [-0.05, 0) is 47.4 Å². The highest BCUT2D eigenvalue weighted by Crippen LogP contribution is 2.49. The molecule has 0 amide bonds. The van der Waals surface area contributed by atoms with Crippen LogP contribution in [0.5, 0.6) is 5.75 Å². The van der Waals surface area contributed by atoms with Crippen LogP contribution in [0.4, 0.5) is 5.69 Å². The van der Waals surface area contributed by atoms with E-state index in [0.29, 0.717) is 13.0 Å². The molecule has 0 bridgehead atoms. The molecule has 1 fully saturated rings. The Morgan fingerprint density at radius 1 is 1.22 bits per heavy atom. The first-order valence-electron chi connectivity index (χ1n) is 10.6. The van der Waals surface area contributed by atoms with E-state index in [-0.39, 0.29) is 29.6 Å². The Kier molecular flexibility index (Phi) is 5.19. The van der Waals surface area contributed by atoms with Crippen molar-refractivity contribution in [3.8, 4) is 16.9 Å². The molecule has 0 aliphatic carbocycles. The average molecular weight is 455 g/mol. The molecule has 3 atom stereocenters. The van der Waals surface area contributed by atoms with Gasteiger partial charge in [0.25, 0.3) is 10.0 Å². The topological polar surface area (TPSA) is 96.7 Å². The lowest BCUT2D eigenvalue weighted by Gasteiger charge is -2.38. The Bertz CT molecular complexity index is 1260. The number of aryl methyl sites for hydroxylation is 1. The predicted octanol–water partition coefficient (Wildman–Crippen LogP) is 2.63. The van der Waals surface area contributed by atoms with Crippen molar-refractivity contribution in [2.24, 2.45) is 13.0 Å². The molecular weight excluding hydrogens is 428 g/mol. The van der Waals surface area contributed by atoms with Gasteiger partial charge in [-0.25, -0.2) is 13.4 Å². The van der Waals surface area contributed by atoms with E-state index >= 15 is 0 Å². The third kappa shape index (κ3) is 3.37. The summed E-state index contributed by atoms with van der Waals surface area (Å²) in [6.07, 6.45) is 3.69. The van der Waals surface area contributed by atoms with E-state index in [2.05, 4.69) is 16.4 Å². The average Bonchev–Trinajstić information content (AvgIpc) is 3.46. The van der Waals surface area contributed by atoms with E-state index in [4.69, 9.17) is 4.74 Å². The molecule has 0 unspecified atom stereocenters. The monoisotopic (exact) mass is 454 g/mol. The Hall–Kier alpha value is -2.88. The van der Waals surface area contributed by atoms with Crippen molar-refractivity contribution in [2.45, 2.75) is 23.5 Å². The number of imidazole rings is 1. The van der Waals surface area contributed by atoms with Gasteiger partial charge in [-0.2, -0.15) is 4.31 Å². The number of hydrogen-bond acceptors (Lipinski definition) is 6. The Morgan fingerprint density at radius 2 is 2.03 bits per heavy atom. The van der Waals surface area contributed by atoms with Crippen LogP contribution < -0.4 is 10.1 Å². The number of rotatable bonds is 5. The van der Waals surface area contributed by atoms with Crippen molar-refractivity contribution in [2.75, 3.05) is 25.6 Å². The van der Waals surface area contributed by atoms with Crippen molar-refractivity contribution in [1.29, 1.82) is 0 Å². The Balaban J connectivity index is 1.61. The van der Waals surface area contributed by atoms with Gasteiger partial charge in [-0.3, -0.25) is 0 Å². The lowest BCUT2D eigenvalue weighted by Crippen LogP contribution is -2.42. The number of aliphatic hydroxyl groups is 1. The number of ether oxygens (including phenoxy) is 1. The van der Waals surface area contributed by atoms with Crippen LogP contribution in [0.25, 0.3) is 11.1 Å². The van der Waals surface area contributed by atoms with E-state index in [1.807, 2.05) is 36.4 Å². The Labute approximate surface area is 187 Å². The summed E-state index contributed by atoms with van der Waals surface area (Å²) < 4.78 is 35.5. The van der Waals surface area contributed by atoms with Crippen LogP contribution in [-0.2, 0) is 17.1 Å². The number of aromatic nitrogens is 2. The molecule has 32 heavy (non-hydrogen) atoms. The summed E-state index contributed by atoms with van der Waals surface area (Å²) in [5, 5.41) is 13.5. The molecule has 9 heteroatoms. The van der Waals surface area contributed by atoms with Gasteiger partial charge in [0.05, 0.1) is 32.1 Å². The zero-order valence-electron chi connectivity index (χ0n) is 18.0. The summed E-state index contributed by atoms with van der Waals surface area (Å²) in [5.74, 6) is 0.725. The molecule has 3 heterocycles. The molecule has 1 saturated heterocycles. The van der Waals surface area contributed by atoms with Gasteiger partial charge >= 0.3 is 0 Å². The summed E-state index contributed by atoms with van der Waals surface area (Å²) in [7, 11) is -0.395. The molecule has 2 N–H and O–H groups in total. The molecule has 0 saturated carbocycles. The second kappa shape index (κ2) is 7.91. The normalized spacial score (nSPS) is 22.8. The molecule has 168 valence electrons. The van der Waals surface area contributed by atoms with Crippen molar-refractivity contribution >= 4 is 15.7 Å². The minimum absolute atomic E-state index is 0.0356. The maximum Gasteiger partial charge on any atom is 0.262 e. The first-order chi connectivity index (χ1) is 15.4. The number of fused-ring (bicyclic) bond motifs is 3. The first kappa shape index (κ1) is 21.0. The van der Waals surface area contributed by atoms with Crippen LogP contribution in [0.2, 0.25) is 0 Å². The fourth-order valence-electron chi connectivity index (χ4n) is 4.91. The lowest BCUT2D eigenvalue weighted by molar-refractivity contribution is 0.210. The predicted molar refractivity (Wildman–Crippen MR) is 121 cm³/mol. The van der Waals surface area contributed by atoms with Gasteiger partial charge in [0.15, 0.2) is 5.03 Å². The smallest absolute Gasteiger partial charge is 0.262 e. The third-order valence-electron chi connectivity index (χ3n) is 6.48. The SMILES string of the molecule is COc1cccc(-c2ccc3c(c2)[C@@H]2[C@@H](CCN2S(=O)(=O)c2cn(C)cn2)[C@H](CO)N3)c1. The fourth-order valence-corrected chi connectivity index (χ4v) is 6.55. The molecule has 8 nitrogen and oxygen atoms in total. The molecule has 3 aromatic rings. The van der Waals surface area contributed by atoms with Crippen LogP contribution in [-0.4, -0.2) is 53.7 Å². The number of sulfonamides is 1. The van der Waals surface area contributed by atoms with E-state index in [9.17, 15) is 13.5 Å². The second-order valence-corrected chi connectivity index (χ2v) is 10.2. The molecule has 2 aliphatic heterocycles. The number of benzene rings is 2. The second-order valence-electron chi connectivity index (χ2n) is 8.36. The zero-order valence-corrected chi connectivity index (χ0v) is 18.8. The lowest BCUT2D eigenvalue weighted by atomic mass is 9.82. The summed E-state index contributed by atoms with van der Waals surface area (Å²) in [6.45, 7) is 0.324. The molecule has 0 spiro atoms. The number of methoxy groups -OCH3 is 1. The molecule has 0 radical (unpaired) electrons. The van der Waals surface area contributed by atoms with Crippen LogP contribution >= 0.6 is 0 Å². The van der Waals surface area contributed by atoms with Gasteiger partial charge in [-0.1, -0.05) is 18.2 Å². The van der Waals surface area contributed by atoms with Crippen molar-refractivity contribution in [1.82, 2.24) is 13.9 Å². The zero-order chi connectivity index (χ0) is 22.5. The minimum Gasteiger partial charge on any atom is -0.497 e. The number of anilines is 1. The van der Waals surface area contributed by atoms with E-state index in [1.165, 1.54) is 12.5 Å². The van der Waals surface area contributed by atoms with Gasteiger partial charge < -0.3 is 19.7 Å². The van der Waals surface area contributed by atoms with E-state index in [1.54, 1.807) is 23.0 Å². The van der Waals surface area contributed by atoms with Crippen molar-refractivity contribution in [3.63, 3.8) is 0 Å². The number of aliphatic hydroxyl groups excluding tert-OH is 1. The van der Waals surface area contributed by atoms with Crippen LogP contribution in [0, 0.1) is 5.92 Å². The summed E-state index contributed by atoms with van der Waals surface area (Å²) in [5.41, 5.74) is 3.73. The molecule has 1 aromatic heterocycles. The minimum atomic E-state index is -3.78. The number of nitrogens with one attached hydrogen (secondary N) is 1. The maximum atomic E-state index is 13.5. The molecule has 2 aromatic carbocycles. The van der Waals surface area contributed by atoms with E-state index < -0.39 is 10.0 Å². The molecular formula is C23H26N4O4S. The Morgan fingerprint density at radius 3 is 2.75 bits per heavy atom. The van der Waals surface area contributed by atoms with E-state index in [0.717, 1.165) is 28.1 Å². The highest BCUT2D eigenvalue weighted by molar-refractivity contribution is 7.89. The van der Waals surface area contributed by atoms with Gasteiger partial charge in [0, 0.05) is 31.4 Å². The van der Waals surface area contributed by atoms with Crippen molar-refractivity contribution < 1.29 is 18.3 Å². The third-order valence-corrected chi connectivity index (χ3v) is 8.25. The summed E-state index contributed by atoms with van der Waals surface area (Å²) >= 11 is 0. The fraction of sp³-hybridized carbons (Fsp3) is 0.348. The highest BCUT2D eigenvalue weighted by atomic mass is 32.2. The quantitative estimate of drug-likeness (QED) is 0.615. The molecule has 2 aliphatic rings. The first-order valence-corrected chi connectivity index (χ1v) is 12.0. The highest BCUT2D eigenvalue weighted by Gasteiger charge is 2.49. The summed E-state index contributed by atoms with van der Waals surface area (Å²) in [6, 6.07) is 13.2. The van der Waals surface area contributed by atoms with Gasteiger partial charge in [-0.15, -0.1) is 0 Å². The van der Waals surface area contributed by atoms with Crippen LogP contribution in [0.15, 0.2) is 60.0 Å². The number of hydrogen-bond donors (Lipinski definition) is 2. The van der Waals surface area contributed by atoms with Gasteiger partial charge in [0.2, 0.25) is 0 Å². The van der Waals surface area contributed by atoms with Gasteiger partial charge in [0.1, 0.15) is 5.75 Å². The standard InChI is InChI=1S/C23H26N4O4S/c1-26-12-22(24-14-26)32(29,30)27-9-8-18-21(13-28)25-20-7-6-16(11-19(20)23(18)27)15-4-3-5-17(10-15)31-2/h3-7,10-12,14,18,21,23,25,28H,8-9,13H2,1-2H3/t18-,21-,23-/m0/s1.